The van der Waals surface area contributed by atoms with E-state index in [1.54, 1.807) is 11.9 Å². The van der Waals surface area contributed by atoms with Crippen molar-refractivity contribution in [2.45, 2.75) is 51.6 Å². The van der Waals surface area contributed by atoms with Crippen LogP contribution >= 0.6 is 0 Å². The smallest absolute Gasteiger partial charge is 0.405 e. The summed E-state index contributed by atoms with van der Waals surface area (Å²) in [6.45, 7) is 6.46. The number of amides is 2. The summed E-state index contributed by atoms with van der Waals surface area (Å²) in [5, 5.41) is 0. The average Bonchev–Trinajstić information content (AvgIpc) is 3.81. The Morgan fingerprint density at radius 1 is 0.865 bits per heavy atom. The molecule has 1 unspecified atom stereocenters. The van der Waals surface area contributed by atoms with Gasteiger partial charge < -0.3 is 15.4 Å². The van der Waals surface area contributed by atoms with Gasteiger partial charge in [0.05, 0.1) is 0 Å². The van der Waals surface area contributed by atoms with E-state index in [9.17, 15) is 9.59 Å². The molecule has 2 N–H and O–H groups in total. The third kappa shape index (κ3) is 4.75. The number of hydrogen-bond acceptors (Lipinski definition) is 3. The van der Waals surface area contributed by atoms with Gasteiger partial charge in [-0.05, 0) is 72.1 Å². The molecule has 0 aromatic heterocycles. The molecular weight excluding hydrogens is 460 g/mol. The highest BCUT2D eigenvalue weighted by Gasteiger charge is 2.66. The first-order valence-electron chi connectivity index (χ1n) is 13.1. The van der Waals surface area contributed by atoms with Crippen molar-refractivity contribution in [2.75, 3.05) is 11.9 Å². The van der Waals surface area contributed by atoms with Crippen LogP contribution in [0, 0.1) is 17.3 Å². The van der Waals surface area contributed by atoms with Crippen LogP contribution in [0.15, 0.2) is 78.9 Å². The summed E-state index contributed by atoms with van der Waals surface area (Å²) in [6, 6.07) is 26.1. The first-order valence-corrected chi connectivity index (χ1v) is 13.1. The summed E-state index contributed by atoms with van der Waals surface area (Å²) in [5.74, 6) is 0.888. The molecule has 0 radical (unpaired) electrons. The normalized spacial score (nSPS) is 20.5. The van der Waals surface area contributed by atoms with Crippen LogP contribution < -0.4 is 10.6 Å². The maximum absolute atomic E-state index is 13.2. The van der Waals surface area contributed by atoms with Crippen LogP contribution in [-0.4, -0.2) is 24.6 Å². The molecule has 37 heavy (non-hydrogen) atoms. The van der Waals surface area contributed by atoms with E-state index in [0.717, 1.165) is 36.1 Å². The highest BCUT2D eigenvalue weighted by atomic mass is 16.6. The van der Waals surface area contributed by atoms with Gasteiger partial charge >= 0.3 is 6.09 Å². The topological polar surface area (TPSA) is 72.6 Å². The van der Waals surface area contributed by atoms with Crippen LogP contribution in [0.1, 0.15) is 61.9 Å². The summed E-state index contributed by atoms with van der Waals surface area (Å²) in [5.41, 5.74) is 9.73. The molecule has 2 saturated carbocycles. The molecule has 2 aliphatic rings. The molecule has 3 aromatic rings. The second kappa shape index (κ2) is 9.37. The molecule has 0 heterocycles. The molecular formula is C32H36N2O3. The zero-order chi connectivity index (χ0) is 26.4. The van der Waals surface area contributed by atoms with Crippen LogP contribution in [0.5, 0.6) is 0 Å². The number of primary amides is 1. The summed E-state index contributed by atoms with van der Waals surface area (Å²) in [7, 11) is 1.81. The van der Waals surface area contributed by atoms with Crippen LogP contribution in [-0.2, 0) is 4.74 Å². The van der Waals surface area contributed by atoms with Crippen LogP contribution in [0.25, 0.3) is 11.1 Å². The lowest BCUT2D eigenvalue weighted by Gasteiger charge is -2.45. The molecule has 3 atom stereocenters. The number of carbonyl (C=O) groups excluding carboxylic acids is 2. The van der Waals surface area contributed by atoms with Gasteiger partial charge in [0.1, 0.15) is 5.60 Å². The predicted octanol–water partition coefficient (Wildman–Crippen LogP) is 7.02. The number of hydrogen-bond donors (Lipinski definition) is 1. The second-order valence-electron chi connectivity index (χ2n) is 11.6. The van der Waals surface area contributed by atoms with Crippen molar-refractivity contribution in [3.63, 3.8) is 0 Å². The SMILES string of the molecule is CN(C(=O)c1ccc(-c2ccccc2)cc1)c1ccc([C@@H]2C[C@H]2C(OC(N)=O)(C2CC2)C(C)(C)C)cc1. The van der Waals surface area contributed by atoms with E-state index >= 15 is 0 Å². The predicted molar refractivity (Wildman–Crippen MR) is 147 cm³/mol. The van der Waals surface area contributed by atoms with E-state index in [0.29, 0.717) is 17.4 Å². The van der Waals surface area contributed by atoms with Crippen molar-refractivity contribution in [3.8, 4) is 11.1 Å². The van der Waals surface area contributed by atoms with E-state index in [-0.39, 0.29) is 17.2 Å². The summed E-state index contributed by atoms with van der Waals surface area (Å²) < 4.78 is 5.97. The maximum atomic E-state index is 13.2. The fourth-order valence-corrected chi connectivity index (χ4v) is 6.19. The first kappa shape index (κ1) is 25.1. The average molecular weight is 497 g/mol. The third-order valence-electron chi connectivity index (χ3n) is 8.22. The Kier molecular flexibility index (Phi) is 6.35. The highest BCUT2D eigenvalue weighted by Crippen LogP contribution is 2.66. The van der Waals surface area contributed by atoms with E-state index in [1.165, 1.54) is 5.56 Å². The molecule has 0 aliphatic heterocycles. The van der Waals surface area contributed by atoms with Gasteiger partial charge in [-0.25, -0.2) is 4.79 Å². The lowest BCUT2D eigenvalue weighted by molar-refractivity contribution is -0.100. The van der Waals surface area contributed by atoms with Crippen molar-refractivity contribution in [2.24, 2.45) is 23.0 Å². The number of benzene rings is 3. The Labute approximate surface area is 219 Å². The van der Waals surface area contributed by atoms with E-state index in [2.05, 4.69) is 45.0 Å². The first-order chi connectivity index (χ1) is 17.6. The Balaban J connectivity index is 1.30. The van der Waals surface area contributed by atoms with Gasteiger partial charge in [0.15, 0.2) is 0 Å². The van der Waals surface area contributed by atoms with E-state index in [1.807, 2.05) is 54.6 Å². The lowest BCUT2D eigenvalue weighted by Crippen LogP contribution is -2.52. The molecule has 192 valence electrons. The molecule has 2 fully saturated rings. The molecule has 0 spiro atoms. The Hall–Kier alpha value is -3.60. The summed E-state index contributed by atoms with van der Waals surface area (Å²) in [6.07, 6.45) is 2.45. The Morgan fingerprint density at radius 3 is 2.00 bits per heavy atom. The fourth-order valence-electron chi connectivity index (χ4n) is 6.19. The number of rotatable bonds is 7. The van der Waals surface area contributed by atoms with Gasteiger partial charge in [0.25, 0.3) is 5.91 Å². The minimum absolute atomic E-state index is 0.0491. The van der Waals surface area contributed by atoms with E-state index in [4.69, 9.17) is 10.5 Å². The zero-order valence-corrected chi connectivity index (χ0v) is 22.1. The Morgan fingerprint density at radius 2 is 1.46 bits per heavy atom. The highest BCUT2D eigenvalue weighted by molar-refractivity contribution is 6.06. The largest absolute Gasteiger partial charge is 0.442 e. The number of anilines is 1. The monoisotopic (exact) mass is 496 g/mol. The van der Waals surface area contributed by atoms with Crippen molar-refractivity contribution in [1.82, 2.24) is 0 Å². The Bertz CT molecular complexity index is 1270. The lowest BCUT2D eigenvalue weighted by atomic mass is 9.69. The summed E-state index contributed by atoms with van der Waals surface area (Å²) in [4.78, 5) is 26.8. The standard InChI is InChI=1S/C32H36N2O3/c1-31(2,3)32(25-16-17-25,37-30(33)36)28-20-27(28)23-14-18-26(19-15-23)34(4)29(35)24-12-10-22(11-13-24)21-8-6-5-7-9-21/h5-15,18-19,25,27-28H,16-17,20H2,1-4H3,(H2,33,36)/t27-,28+,32?/m0/s1. The molecule has 0 saturated heterocycles. The number of carbonyl (C=O) groups is 2. The minimum Gasteiger partial charge on any atom is -0.442 e. The number of nitrogens with two attached hydrogens (primary N) is 1. The molecule has 5 heteroatoms. The molecule has 5 nitrogen and oxygen atoms in total. The van der Waals surface area contributed by atoms with Gasteiger partial charge in [0.2, 0.25) is 0 Å². The summed E-state index contributed by atoms with van der Waals surface area (Å²) >= 11 is 0. The van der Waals surface area contributed by atoms with Gasteiger partial charge in [-0.1, -0.05) is 75.4 Å². The minimum atomic E-state index is -0.681. The fraction of sp³-hybridized carbons (Fsp3) is 0.375. The van der Waals surface area contributed by atoms with Crippen molar-refractivity contribution in [1.29, 1.82) is 0 Å². The second-order valence-corrected chi connectivity index (χ2v) is 11.6. The van der Waals surface area contributed by atoms with Gasteiger partial charge in [-0.2, -0.15) is 0 Å². The van der Waals surface area contributed by atoms with E-state index < -0.39 is 11.7 Å². The molecule has 0 bridgehead atoms. The van der Waals surface area contributed by atoms with Gasteiger partial charge in [0, 0.05) is 29.6 Å². The maximum Gasteiger partial charge on any atom is 0.405 e. The molecule has 2 amide bonds. The molecule has 2 aliphatic carbocycles. The van der Waals surface area contributed by atoms with Gasteiger partial charge in [-0.15, -0.1) is 0 Å². The van der Waals surface area contributed by atoms with Crippen LogP contribution in [0.2, 0.25) is 0 Å². The van der Waals surface area contributed by atoms with Crippen molar-refractivity contribution in [3.05, 3.63) is 90.0 Å². The van der Waals surface area contributed by atoms with Crippen LogP contribution in [0.4, 0.5) is 10.5 Å². The number of ether oxygens (including phenoxy) is 1. The number of nitrogens with zero attached hydrogens (tertiary/aromatic N) is 1. The van der Waals surface area contributed by atoms with Gasteiger partial charge in [-0.3, -0.25) is 4.79 Å². The molecule has 5 rings (SSSR count). The van der Waals surface area contributed by atoms with Crippen molar-refractivity contribution < 1.29 is 14.3 Å². The molecule has 3 aromatic carbocycles. The van der Waals surface area contributed by atoms with Crippen LogP contribution in [0.3, 0.4) is 0 Å². The quantitative estimate of drug-likeness (QED) is 0.382. The zero-order valence-electron chi connectivity index (χ0n) is 22.1. The van der Waals surface area contributed by atoms with Crippen molar-refractivity contribution >= 4 is 17.7 Å². The third-order valence-corrected chi connectivity index (χ3v) is 8.22.